The number of allylic oxidation sites excluding steroid dienone is 2. The molecule has 1 amide bonds. The largest absolute Gasteiger partial charge is 0.481 e. The molecule has 4 saturated carbocycles. The van der Waals surface area contributed by atoms with Gasteiger partial charge in [-0.1, -0.05) is 60.1 Å². The van der Waals surface area contributed by atoms with Gasteiger partial charge in [0.2, 0.25) is 5.91 Å². The molecule has 0 spiro atoms. The zero-order valence-corrected chi connectivity index (χ0v) is 34.7. The summed E-state index contributed by atoms with van der Waals surface area (Å²) in [5, 5.41) is 66.2. The van der Waals surface area contributed by atoms with E-state index in [0.717, 1.165) is 57.8 Å². The van der Waals surface area contributed by atoms with Crippen LogP contribution in [0.1, 0.15) is 120 Å². The predicted octanol–water partition coefficient (Wildman–Crippen LogP) is 3.66. The summed E-state index contributed by atoms with van der Waals surface area (Å²) in [5.74, 6) is -0.304. The highest BCUT2D eigenvalue weighted by Gasteiger charge is 2.69. The fraction of sp³-hybridized carbons (Fsp3) is 0.907. The molecule has 0 radical (unpaired) electrons. The number of carbonyl (C=O) groups excluding carboxylic acids is 1. The van der Waals surface area contributed by atoms with Crippen LogP contribution in [0.5, 0.6) is 0 Å². The van der Waals surface area contributed by atoms with Crippen LogP contribution in [0.4, 0.5) is 0 Å². The second-order valence-corrected chi connectivity index (χ2v) is 21.0. The van der Waals surface area contributed by atoms with Crippen LogP contribution in [0.15, 0.2) is 11.6 Å². The third-order valence-electron chi connectivity index (χ3n) is 17.3. The number of fused-ring (bicyclic) bond motifs is 7. The van der Waals surface area contributed by atoms with Crippen molar-refractivity contribution in [3.63, 3.8) is 0 Å². The number of nitrogens with one attached hydrogen (secondary N) is 1. The van der Waals surface area contributed by atoms with E-state index >= 15 is 0 Å². The Hall–Kier alpha value is -1.68. The summed E-state index contributed by atoms with van der Waals surface area (Å²) >= 11 is 0. The van der Waals surface area contributed by atoms with Gasteiger partial charge < -0.3 is 54.9 Å². The number of hydrogen-bond acceptors (Lipinski definition) is 11. The monoisotopic (exact) mass is 791 g/mol. The molecule has 7 rings (SSSR count). The third-order valence-corrected chi connectivity index (χ3v) is 17.3. The average molecular weight is 792 g/mol. The molecule has 2 heterocycles. The van der Waals surface area contributed by atoms with E-state index in [1.807, 2.05) is 0 Å². The molecule has 0 aromatic carbocycles. The first-order valence-corrected chi connectivity index (χ1v) is 21.2. The number of rotatable bonds is 7. The van der Waals surface area contributed by atoms with Gasteiger partial charge in [0.15, 0.2) is 12.6 Å². The molecular weight excluding hydrogens is 722 g/mol. The lowest BCUT2D eigenvalue weighted by Crippen LogP contribution is -2.67. The van der Waals surface area contributed by atoms with Crippen LogP contribution in [0.2, 0.25) is 0 Å². The topological polar surface area (TPSA) is 204 Å². The molecule has 7 N–H and O–H groups in total. The number of carboxylic acids is 1. The maximum Gasteiger partial charge on any atom is 0.310 e. The maximum absolute atomic E-state index is 13.1. The highest BCUT2D eigenvalue weighted by atomic mass is 16.7. The summed E-state index contributed by atoms with van der Waals surface area (Å²) in [6.45, 7) is 17.3. The number of aliphatic hydroxyl groups excluding tert-OH is 5. The smallest absolute Gasteiger partial charge is 0.310 e. The Morgan fingerprint density at radius 1 is 0.839 bits per heavy atom. The summed E-state index contributed by atoms with van der Waals surface area (Å²) in [4.78, 5) is 25.4. The summed E-state index contributed by atoms with van der Waals surface area (Å²) in [6.07, 6.45) is 0.178. The number of carboxylic acid groups (broad SMARTS) is 1. The number of ether oxygens (including phenoxy) is 4. The summed E-state index contributed by atoms with van der Waals surface area (Å²) in [7, 11) is 0. The number of aliphatic carboxylic acids is 1. The fourth-order valence-corrected chi connectivity index (χ4v) is 13.7. The number of carbonyl (C=O) groups is 2. The number of hydrogen-bond donors (Lipinski definition) is 7. The van der Waals surface area contributed by atoms with E-state index in [2.05, 4.69) is 59.9 Å². The van der Waals surface area contributed by atoms with Crippen molar-refractivity contribution in [1.29, 1.82) is 0 Å². The molecule has 5 aliphatic carbocycles. The van der Waals surface area contributed by atoms with Gasteiger partial charge in [0.1, 0.15) is 42.7 Å². The average Bonchev–Trinajstić information content (AvgIpc) is 3.11. The molecule has 13 heteroatoms. The first kappa shape index (κ1) is 42.4. The van der Waals surface area contributed by atoms with Gasteiger partial charge in [0.25, 0.3) is 0 Å². The lowest BCUT2D eigenvalue weighted by molar-refractivity contribution is -0.322. The second kappa shape index (κ2) is 14.5. The van der Waals surface area contributed by atoms with E-state index in [4.69, 9.17) is 18.9 Å². The van der Waals surface area contributed by atoms with Crippen molar-refractivity contribution in [2.75, 3.05) is 13.2 Å². The van der Waals surface area contributed by atoms with Crippen LogP contribution < -0.4 is 5.32 Å². The Kier molecular flexibility index (Phi) is 11.0. The van der Waals surface area contributed by atoms with E-state index in [1.54, 1.807) is 0 Å². The Morgan fingerprint density at radius 3 is 2.21 bits per heavy atom. The number of aliphatic hydroxyl groups is 5. The zero-order chi connectivity index (χ0) is 41.0. The summed E-state index contributed by atoms with van der Waals surface area (Å²) in [6, 6.07) is -1.07. The summed E-state index contributed by atoms with van der Waals surface area (Å²) in [5.41, 5.74) is 0.380. The lowest BCUT2D eigenvalue weighted by Gasteiger charge is -2.71. The predicted molar refractivity (Wildman–Crippen MR) is 204 cm³/mol. The minimum atomic E-state index is -1.54. The van der Waals surface area contributed by atoms with E-state index in [-0.39, 0.29) is 58.2 Å². The van der Waals surface area contributed by atoms with Gasteiger partial charge in [0.05, 0.1) is 24.7 Å². The van der Waals surface area contributed by atoms with Crippen molar-refractivity contribution < 1.29 is 59.2 Å². The molecule has 0 aromatic heterocycles. The Morgan fingerprint density at radius 2 is 1.54 bits per heavy atom. The molecular formula is C43H69NO12. The Bertz CT molecular complexity index is 1550. The fourth-order valence-electron chi connectivity index (χ4n) is 13.7. The van der Waals surface area contributed by atoms with Gasteiger partial charge in [-0.2, -0.15) is 0 Å². The van der Waals surface area contributed by atoms with Crippen molar-refractivity contribution in [2.45, 2.75) is 181 Å². The molecule has 2 aliphatic heterocycles. The molecule has 2 saturated heterocycles. The van der Waals surface area contributed by atoms with Gasteiger partial charge in [0, 0.05) is 6.92 Å². The standard InChI is InChI=1S/C43H69NO12/c1-22(45)44-30-33(49)32(48)26(21-54-36-34(50)31(47)25(46)20-53-36)55-35(30)56-29-12-13-40(6)27(39(29,4)5)11-14-42(8)28(40)10-9-23-24-19-38(2,3)15-17-43(24,37(51)52)18-16-41(23,42)7/h9,24-36,46-50H,10-21H2,1-8H3,(H,44,45)(H,51,52)/t24?,25-,26+,27?,28?,29-,30+,31-,32+,33+,34+,35-,36-,40-,41+,42+,43-/m0/s1. The lowest BCUT2D eigenvalue weighted by atomic mass is 9.33. The van der Waals surface area contributed by atoms with Gasteiger partial charge >= 0.3 is 5.97 Å². The highest BCUT2D eigenvalue weighted by Crippen LogP contribution is 2.76. The van der Waals surface area contributed by atoms with Crippen molar-refractivity contribution >= 4 is 11.9 Å². The van der Waals surface area contributed by atoms with Gasteiger partial charge in [-0.25, -0.2) is 0 Å². The van der Waals surface area contributed by atoms with Crippen LogP contribution in [0.25, 0.3) is 0 Å². The molecule has 56 heavy (non-hydrogen) atoms. The zero-order valence-electron chi connectivity index (χ0n) is 34.7. The minimum absolute atomic E-state index is 0.00142. The minimum Gasteiger partial charge on any atom is -0.481 e. The molecule has 13 nitrogen and oxygen atoms in total. The van der Waals surface area contributed by atoms with Crippen molar-refractivity contribution in [3.8, 4) is 0 Å². The van der Waals surface area contributed by atoms with Crippen molar-refractivity contribution in [1.82, 2.24) is 5.32 Å². The molecule has 0 aromatic rings. The number of amides is 1. The third kappa shape index (κ3) is 6.53. The SMILES string of the molecule is CC(=O)N[C@H]1[C@H](O[C@H]2CC[C@@]3(C)C(CC[C@]4(C)C3CC=C3C5CC(C)(C)CC[C@]5(C(=O)O)CC[C@]34C)C2(C)C)O[C@H](CO[C@@H]2OC[C@H](O)[C@H](O)[C@H]2O)[C@@H](O)[C@@H]1O. The quantitative estimate of drug-likeness (QED) is 0.146. The maximum atomic E-state index is 13.1. The van der Waals surface area contributed by atoms with E-state index in [0.29, 0.717) is 12.3 Å². The van der Waals surface area contributed by atoms with Crippen molar-refractivity contribution in [3.05, 3.63) is 11.6 Å². The van der Waals surface area contributed by atoms with E-state index in [9.17, 15) is 40.2 Å². The van der Waals surface area contributed by atoms with Crippen LogP contribution in [-0.2, 0) is 28.5 Å². The van der Waals surface area contributed by atoms with Crippen LogP contribution in [0, 0.1) is 50.2 Å². The van der Waals surface area contributed by atoms with Gasteiger partial charge in [-0.15, -0.1) is 0 Å². The van der Waals surface area contributed by atoms with Crippen LogP contribution >= 0.6 is 0 Å². The highest BCUT2D eigenvalue weighted by molar-refractivity contribution is 5.76. The van der Waals surface area contributed by atoms with E-state index < -0.39 is 72.5 Å². The molecule has 17 atom stereocenters. The van der Waals surface area contributed by atoms with Gasteiger partial charge in [-0.3, -0.25) is 9.59 Å². The van der Waals surface area contributed by atoms with Gasteiger partial charge in [-0.05, 0) is 109 Å². The molecule has 7 aliphatic rings. The first-order valence-electron chi connectivity index (χ1n) is 21.2. The molecule has 318 valence electrons. The van der Waals surface area contributed by atoms with Crippen LogP contribution in [-0.4, -0.2) is 117 Å². The van der Waals surface area contributed by atoms with Crippen molar-refractivity contribution in [2.24, 2.45) is 50.2 Å². The normalized spacial score (nSPS) is 50.9. The molecule has 0 bridgehead atoms. The molecule has 6 fully saturated rings. The Balaban J connectivity index is 1.11. The summed E-state index contributed by atoms with van der Waals surface area (Å²) < 4.78 is 24.2. The Labute approximate surface area is 331 Å². The second-order valence-electron chi connectivity index (χ2n) is 21.0. The van der Waals surface area contributed by atoms with Crippen LogP contribution in [0.3, 0.4) is 0 Å². The van der Waals surface area contributed by atoms with E-state index in [1.165, 1.54) is 12.5 Å². The first-order chi connectivity index (χ1) is 26.0. The molecule has 3 unspecified atom stereocenters.